The Morgan fingerprint density at radius 3 is 2.55 bits per heavy atom. The van der Waals surface area contributed by atoms with E-state index in [1.165, 1.54) is 6.07 Å². The largest absolute Gasteiger partial charge is 0.481 e. The van der Waals surface area contributed by atoms with Gasteiger partial charge < -0.3 is 5.11 Å². The maximum absolute atomic E-state index is 11.6. The summed E-state index contributed by atoms with van der Waals surface area (Å²) in [7, 11) is -3.32. The number of benzene rings is 1. The van der Waals surface area contributed by atoms with Gasteiger partial charge in [-0.1, -0.05) is 12.1 Å². The number of sulfone groups is 1. The third-order valence-corrected chi connectivity index (χ3v) is 5.47. The average molecular weight is 324 g/mol. The highest BCUT2D eigenvalue weighted by atomic mass is 32.2. The fourth-order valence-electron chi connectivity index (χ4n) is 3.11. The second-order valence-corrected chi connectivity index (χ2v) is 8.06. The topological polar surface area (TPSA) is 88.5 Å². The molecule has 0 bridgehead atoms. The van der Waals surface area contributed by atoms with Gasteiger partial charge in [-0.2, -0.15) is 0 Å². The fraction of sp³-hybridized carbons (Fsp3) is 0.500. The zero-order chi connectivity index (χ0) is 16.5. The highest BCUT2D eigenvalue weighted by Gasteiger charge is 2.29. The fourth-order valence-corrected chi connectivity index (χ4v) is 4.07. The van der Waals surface area contributed by atoms with Gasteiger partial charge in [0.2, 0.25) is 0 Å². The van der Waals surface area contributed by atoms with Crippen molar-refractivity contribution in [2.45, 2.75) is 43.4 Å². The van der Waals surface area contributed by atoms with Crippen LogP contribution in [-0.4, -0.2) is 31.5 Å². The molecule has 120 valence electrons. The molecule has 1 N–H and O–H groups in total. The Morgan fingerprint density at radius 2 is 2.09 bits per heavy atom. The molecular weight excluding hydrogens is 304 g/mol. The number of hydrogen-bond acceptors (Lipinski definition) is 4. The number of aliphatic carboxylic acids is 1. The van der Waals surface area contributed by atoms with Crippen LogP contribution in [0.15, 0.2) is 23.1 Å². The molecule has 22 heavy (non-hydrogen) atoms. The van der Waals surface area contributed by atoms with E-state index in [1.54, 1.807) is 19.1 Å². The molecule has 0 saturated heterocycles. The molecule has 0 radical (unpaired) electrons. The first kappa shape index (κ1) is 16.7. The molecule has 2 atom stereocenters. The van der Waals surface area contributed by atoms with Crippen LogP contribution in [0.5, 0.6) is 0 Å². The van der Waals surface area contributed by atoms with Crippen LogP contribution >= 0.6 is 0 Å². The minimum Gasteiger partial charge on any atom is -0.481 e. The van der Waals surface area contributed by atoms with Crippen molar-refractivity contribution in [3.63, 3.8) is 0 Å². The molecule has 0 spiro atoms. The van der Waals surface area contributed by atoms with E-state index in [2.05, 4.69) is 0 Å². The van der Waals surface area contributed by atoms with E-state index in [-0.39, 0.29) is 16.6 Å². The van der Waals surface area contributed by atoms with Gasteiger partial charge in [0.1, 0.15) is 5.78 Å². The second-order valence-electron chi connectivity index (χ2n) is 6.07. The quantitative estimate of drug-likeness (QED) is 0.898. The van der Waals surface area contributed by atoms with E-state index < -0.39 is 21.7 Å². The van der Waals surface area contributed by atoms with Crippen LogP contribution < -0.4 is 0 Å². The molecule has 0 aliphatic heterocycles. The lowest BCUT2D eigenvalue weighted by Gasteiger charge is -2.18. The monoisotopic (exact) mass is 324 g/mol. The predicted molar refractivity (Wildman–Crippen MR) is 81.6 cm³/mol. The van der Waals surface area contributed by atoms with Crippen LogP contribution in [0.4, 0.5) is 0 Å². The van der Waals surface area contributed by atoms with Crippen LogP contribution in [0, 0.1) is 12.8 Å². The normalized spacial score (nSPS) is 20.1. The Balaban J connectivity index is 2.27. The van der Waals surface area contributed by atoms with E-state index >= 15 is 0 Å². The Hall–Kier alpha value is -1.69. The average Bonchev–Trinajstić information content (AvgIpc) is 2.79. The lowest BCUT2D eigenvalue weighted by molar-refractivity contribution is -0.139. The van der Waals surface area contributed by atoms with Gasteiger partial charge in [0.05, 0.1) is 10.8 Å². The van der Waals surface area contributed by atoms with Crippen molar-refractivity contribution in [3.05, 3.63) is 29.3 Å². The van der Waals surface area contributed by atoms with Gasteiger partial charge in [0, 0.05) is 19.1 Å². The molecule has 0 amide bonds. The van der Waals surface area contributed by atoms with Gasteiger partial charge >= 0.3 is 5.97 Å². The minimum atomic E-state index is -3.32. The highest BCUT2D eigenvalue weighted by molar-refractivity contribution is 7.90. The number of carboxylic acid groups (broad SMARTS) is 1. The van der Waals surface area contributed by atoms with E-state index in [9.17, 15) is 23.1 Å². The molecule has 2 rings (SSSR count). The predicted octanol–water partition coefficient (Wildman–Crippen LogP) is 2.33. The molecule has 5 nitrogen and oxygen atoms in total. The number of hydrogen-bond donors (Lipinski definition) is 1. The van der Waals surface area contributed by atoms with Crippen molar-refractivity contribution in [3.8, 4) is 0 Å². The van der Waals surface area contributed by atoms with Gasteiger partial charge in [-0.15, -0.1) is 0 Å². The summed E-state index contributed by atoms with van der Waals surface area (Å²) in [6.07, 6.45) is 3.27. The lowest BCUT2D eigenvalue weighted by Crippen LogP contribution is -2.16. The van der Waals surface area contributed by atoms with Gasteiger partial charge in [-0.25, -0.2) is 8.42 Å². The van der Waals surface area contributed by atoms with Crippen molar-refractivity contribution in [1.82, 2.24) is 0 Å². The number of Topliss-reactive ketones (excluding diaryl/α,β-unsaturated/α-hetero) is 1. The standard InChI is InChI=1S/C16H20O5S/c1-10-7-12(4-6-15(10)22(2,20)21)14(16(18)19)9-11-3-5-13(17)8-11/h4,6-7,11,14H,3,5,8-9H2,1-2H3,(H,18,19)/t11-,14?/m0/s1. The summed E-state index contributed by atoms with van der Waals surface area (Å²) in [5, 5.41) is 9.47. The molecule has 0 heterocycles. The van der Waals surface area contributed by atoms with Crippen molar-refractivity contribution in [2.75, 3.05) is 6.26 Å². The van der Waals surface area contributed by atoms with Gasteiger partial charge in [0.25, 0.3) is 0 Å². The van der Waals surface area contributed by atoms with E-state index in [0.717, 1.165) is 12.7 Å². The molecule has 1 unspecified atom stereocenters. The summed E-state index contributed by atoms with van der Waals surface area (Å²) < 4.78 is 23.3. The Labute approximate surface area is 130 Å². The third-order valence-electron chi connectivity index (χ3n) is 4.22. The number of carboxylic acids is 1. The molecule has 1 aliphatic carbocycles. The van der Waals surface area contributed by atoms with Crippen molar-refractivity contribution in [1.29, 1.82) is 0 Å². The first-order valence-corrected chi connectivity index (χ1v) is 9.12. The van der Waals surface area contributed by atoms with Crippen LogP contribution in [0.3, 0.4) is 0 Å². The lowest BCUT2D eigenvalue weighted by atomic mass is 9.87. The number of aryl methyl sites for hydroxylation is 1. The van der Waals surface area contributed by atoms with Crippen LogP contribution in [0.25, 0.3) is 0 Å². The Morgan fingerprint density at radius 1 is 1.41 bits per heavy atom. The van der Waals surface area contributed by atoms with Crippen LogP contribution in [0.1, 0.15) is 42.7 Å². The summed E-state index contributed by atoms with van der Waals surface area (Å²) in [6.45, 7) is 1.66. The minimum absolute atomic E-state index is 0.100. The van der Waals surface area contributed by atoms with Crippen molar-refractivity contribution < 1.29 is 23.1 Å². The summed E-state index contributed by atoms with van der Waals surface area (Å²) in [6, 6.07) is 4.67. The zero-order valence-corrected chi connectivity index (χ0v) is 13.5. The second kappa shape index (κ2) is 6.20. The summed E-state index contributed by atoms with van der Waals surface area (Å²) in [4.78, 5) is 23.1. The number of ketones is 1. The smallest absolute Gasteiger partial charge is 0.310 e. The Bertz CT molecular complexity index is 705. The number of carbonyl (C=O) groups excluding carboxylic acids is 1. The molecule has 0 aromatic heterocycles. The summed E-state index contributed by atoms with van der Waals surface area (Å²) in [5.41, 5.74) is 1.14. The summed E-state index contributed by atoms with van der Waals surface area (Å²) in [5.74, 6) is -1.35. The summed E-state index contributed by atoms with van der Waals surface area (Å²) >= 11 is 0. The van der Waals surface area contributed by atoms with Crippen molar-refractivity contribution in [2.24, 2.45) is 5.92 Å². The van der Waals surface area contributed by atoms with E-state index in [1.807, 2.05) is 0 Å². The SMILES string of the molecule is Cc1cc(C(C[C@H]2CCC(=O)C2)C(=O)O)ccc1S(C)(=O)=O. The molecule has 1 aromatic rings. The van der Waals surface area contributed by atoms with Gasteiger partial charge in [-0.05, 0) is 42.9 Å². The third kappa shape index (κ3) is 3.74. The zero-order valence-electron chi connectivity index (χ0n) is 12.7. The maximum Gasteiger partial charge on any atom is 0.310 e. The molecule has 6 heteroatoms. The van der Waals surface area contributed by atoms with Crippen LogP contribution in [0.2, 0.25) is 0 Å². The highest BCUT2D eigenvalue weighted by Crippen LogP contribution is 2.33. The van der Waals surface area contributed by atoms with Crippen molar-refractivity contribution >= 4 is 21.6 Å². The molecule has 1 fully saturated rings. The Kier molecular flexibility index (Phi) is 4.70. The molecule has 1 aromatic carbocycles. The van der Waals surface area contributed by atoms with Gasteiger partial charge in [-0.3, -0.25) is 9.59 Å². The van der Waals surface area contributed by atoms with Gasteiger partial charge in [0.15, 0.2) is 9.84 Å². The number of carbonyl (C=O) groups is 2. The molecule has 1 aliphatic rings. The van der Waals surface area contributed by atoms with E-state index in [4.69, 9.17) is 0 Å². The first-order chi connectivity index (χ1) is 10.2. The molecule has 1 saturated carbocycles. The molecular formula is C16H20O5S. The van der Waals surface area contributed by atoms with E-state index in [0.29, 0.717) is 30.4 Å². The number of rotatable bonds is 5. The van der Waals surface area contributed by atoms with Crippen LogP contribution in [-0.2, 0) is 19.4 Å². The first-order valence-electron chi connectivity index (χ1n) is 7.23. The maximum atomic E-state index is 11.6.